The second kappa shape index (κ2) is 10.1. The lowest BCUT2D eigenvalue weighted by Crippen LogP contribution is -2.42. The molecular weight excluding hydrogens is 356 g/mol. The Bertz CT molecular complexity index is 779. The van der Waals surface area contributed by atoms with Crippen molar-refractivity contribution in [2.24, 2.45) is 5.73 Å². The van der Waals surface area contributed by atoms with E-state index >= 15 is 0 Å². The van der Waals surface area contributed by atoms with Gasteiger partial charge < -0.3 is 26.1 Å². The number of alkyl carbamates (subject to hydrolysis) is 1. The molecule has 1 atom stereocenters. The zero-order chi connectivity index (χ0) is 20.6. The first-order valence-electron chi connectivity index (χ1n) is 9.81. The van der Waals surface area contributed by atoms with E-state index in [1.54, 1.807) is 0 Å². The smallest absolute Gasteiger partial charge is 0.407 e. The van der Waals surface area contributed by atoms with Gasteiger partial charge in [-0.1, -0.05) is 18.2 Å². The lowest BCUT2D eigenvalue weighted by atomic mass is 10.1. The van der Waals surface area contributed by atoms with E-state index in [9.17, 15) is 9.59 Å². The summed E-state index contributed by atoms with van der Waals surface area (Å²) < 4.78 is 5.17. The molecule has 7 heteroatoms. The number of fused-ring (bicyclic) bond motifs is 1. The normalized spacial score (nSPS) is 12.6. The van der Waals surface area contributed by atoms with Crippen LogP contribution in [0, 0.1) is 0 Å². The molecule has 2 rings (SSSR count). The molecule has 0 aliphatic heterocycles. The largest absolute Gasteiger partial charge is 0.444 e. The summed E-state index contributed by atoms with van der Waals surface area (Å²) in [6.45, 7) is 6.63. The van der Waals surface area contributed by atoms with Crippen LogP contribution in [-0.2, 0) is 16.0 Å². The quantitative estimate of drug-likeness (QED) is 0.495. The van der Waals surface area contributed by atoms with Gasteiger partial charge in [0.2, 0.25) is 5.91 Å². The van der Waals surface area contributed by atoms with Crippen LogP contribution in [0.25, 0.3) is 10.9 Å². The molecule has 1 heterocycles. The van der Waals surface area contributed by atoms with Gasteiger partial charge in [-0.2, -0.15) is 0 Å². The van der Waals surface area contributed by atoms with Crippen molar-refractivity contribution < 1.29 is 14.3 Å². The highest BCUT2D eigenvalue weighted by Gasteiger charge is 2.16. The summed E-state index contributed by atoms with van der Waals surface area (Å²) in [4.78, 5) is 26.9. The Morgan fingerprint density at radius 1 is 1.11 bits per heavy atom. The van der Waals surface area contributed by atoms with E-state index < -0.39 is 17.7 Å². The third-order valence-electron chi connectivity index (χ3n) is 4.27. The van der Waals surface area contributed by atoms with E-state index in [1.165, 1.54) is 0 Å². The monoisotopic (exact) mass is 388 g/mol. The molecule has 0 aliphatic carbocycles. The van der Waals surface area contributed by atoms with Gasteiger partial charge in [0.1, 0.15) is 5.60 Å². The molecule has 1 aromatic heterocycles. The van der Waals surface area contributed by atoms with Crippen LogP contribution >= 0.6 is 0 Å². The minimum absolute atomic E-state index is 0.142. The predicted molar refractivity (Wildman–Crippen MR) is 111 cm³/mol. The fourth-order valence-corrected chi connectivity index (χ4v) is 2.90. The Kier molecular flexibility index (Phi) is 7.87. The van der Waals surface area contributed by atoms with E-state index in [0.29, 0.717) is 19.5 Å². The number of unbranched alkanes of at least 4 members (excludes halogenated alkanes) is 2. The maximum absolute atomic E-state index is 12.2. The average molecular weight is 389 g/mol. The standard InChI is InChI=1S/C21H32N4O3/c1-21(2,3)28-20(27)24-12-8-4-7-11-23-19(26)17(22)13-15-14-25-18-10-6-5-9-16(15)18/h5-6,9-10,14,17,25H,4,7-8,11-13,22H2,1-3H3,(H,23,26)(H,24,27)/t17-/m1/s1. The zero-order valence-corrected chi connectivity index (χ0v) is 17.0. The van der Waals surface area contributed by atoms with E-state index in [1.807, 2.05) is 51.2 Å². The van der Waals surface area contributed by atoms with Crippen LogP contribution in [0.2, 0.25) is 0 Å². The number of hydrogen-bond donors (Lipinski definition) is 4. The van der Waals surface area contributed by atoms with Gasteiger partial charge in [0, 0.05) is 30.2 Å². The molecule has 2 amide bonds. The van der Waals surface area contributed by atoms with Crippen LogP contribution < -0.4 is 16.4 Å². The Morgan fingerprint density at radius 3 is 2.50 bits per heavy atom. The molecule has 0 bridgehead atoms. The molecule has 0 saturated carbocycles. The number of carbonyl (C=O) groups is 2. The Labute approximate surface area is 166 Å². The summed E-state index contributed by atoms with van der Waals surface area (Å²) >= 11 is 0. The number of nitrogens with two attached hydrogens (primary N) is 1. The van der Waals surface area contributed by atoms with Crippen molar-refractivity contribution in [3.8, 4) is 0 Å². The Hall–Kier alpha value is -2.54. The third kappa shape index (κ3) is 7.23. The van der Waals surface area contributed by atoms with Gasteiger partial charge in [-0.25, -0.2) is 4.79 Å². The number of ether oxygens (including phenoxy) is 1. The number of para-hydroxylation sites is 1. The molecule has 0 saturated heterocycles. The second-order valence-electron chi connectivity index (χ2n) is 7.95. The van der Waals surface area contributed by atoms with Gasteiger partial charge in [0.05, 0.1) is 6.04 Å². The average Bonchev–Trinajstić information content (AvgIpc) is 3.02. The highest BCUT2D eigenvalue weighted by Crippen LogP contribution is 2.18. The molecule has 7 nitrogen and oxygen atoms in total. The van der Waals surface area contributed by atoms with Crippen molar-refractivity contribution in [1.29, 1.82) is 0 Å². The van der Waals surface area contributed by atoms with Gasteiger partial charge in [0.15, 0.2) is 0 Å². The first-order valence-corrected chi connectivity index (χ1v) is 9.81. The van der Waals surface area contributed by atoms with Crippen LogP contribution in [-0.4, -0.2) is 41.7 Å². The number of aromatic amines is 1. The number of benzene rings is 1. The molecule has 28 heavy (non-hydrogen) atoms. The topological polar surface area (TPSA) is 109 Å². The van der Waals surface area contributed by atoms with Crippen molar-refractivity contribution in [3.05, 3.63) is 36.0 Å². The molecule has 2 aromatic rings. The van der Waals surface area contributed by atoms with Gasteiger partial charge in [-0.3, -0.25) is 4.79 Å². The van der Waals surface area contributed by atoms with Crippen LogP contribution in [0.4, 0.5) is 4.79 Å². The number of nitrogens with one attached hydrogen (secondary N) is 3. The van der Waals surface area contributed by atoms with Crippen LogP contribution in [0.1, 0.15) is 45.6 Å². The number of aromatic nitrogens is 1. The Morgan fingerprint density at radius 2 is 1.79 bits per heavy atom. The molecule has 0 fully saturated rings. The van der Waals surface area contributed by atoms with E-state index in [2.05, 4.69) is 15.6 Å². The van der Waals surface area contributed by atoms with Crippen molar-refractivity contribution in [2.75, 3.05) is 13.1 Å². The van der Waals surface area contributed by atoms with E-state index in [4.69, 9.17) is 10.5 Å². The highest BCUT2D eigenvalue weighted by atomic mass is 16.6. The zero-order valence-electron chi connectivity index (χ0n) is 17.0. The fraction of sp³-hybridized carbons (Fsp3) is 0.524. The molecule has 1 aromatic carbocycles. The van der Waals surface area contributed by atoms with Crippen LogP contribution in [0.5, 0.6) is 0 Å². The van der Waals surface area contributed by atoms with E-state index in [0.717, 1.165) is 35.7 Å². The molecule has 0 unspecified atom stereocenters. The Balaban J connectivity index is 1.59. The molecule has 0 aliphatic rings. The third-order valence-corrected chi connectivity index (χ3v) is 4.27. The number of amides is 2. The highest BCUT2D eigenvalue weighted by molar-refractivity contribution is 5.86. The molecule has 0 radical (unpaired) electrons. The number of H-pyrrole nitrogens is 1. The number of hydrogen-bond acceptors (Lipinski definition) is 4. The molecular formula is C21H32N4O3. The number of rotatable bonds is 9. The number of carbonyl (C=O) groups excluding carboxylic acids is 2. The van der Waals surface area contributed by atoms with Crippen LogP contribution in [0.15, 0.2) is 30.5 Å². The lowest BCUT2D eigenvalue weighted by Gasteiger charge is -2.19. The maximum atomic E-state index is 12.2. The molecule has 0 spiro atoms. The first kappa shape index (κ1) is 21.8. The second-order valence-corrected chi connectivity index (χ2v) is 7.95. The van der Waals surface area contributed by atoms with Crippen molar-refractivity contribution in [3.63, 3.8) is 0 Å². The van der Waals surface area contributed by atoms with Gasteiger partial charge in [-0.15, -0.1) is 0 Å². The summed E-state index contributed by atoms with van der Waals surface area (Å²) in [6.07, 6.45) is 4.57. The van der Waals surface area contributed by atoms with Crippen LogP contribution in [0.3, 0.4) is 0 Å². The summed E-state index contributed by atoms with van der Waals surface area (Å²) in [5.41, 5.74) is 7.67. The van der Waals surface area contributed by atoms with Gasteiger partial charge >= 0.3 is 6.09 Å². The summed E-state index contributed by atoms with van der Waals surface area (Å²) in [5, 5.41) is 6.71. The fourth-order valence-electron chi connectivity index (χ4n) is 2.90. The summed E-state index contributed by atoms with van der Waals surface area (Å²) in [7, 11) is 0. The van der Waals surface area contributed by atoms with Gasteiger partial charge in [-0.05, 0) is 58.1 Å². The minimum Gasteiger partial charge on any atom is -0.444 e. The molecule has 5 N–H and O–H groups in total. The van der Waals surface area contributed by atoms with Crippen molar-refractivity contribution in [2.45, 2.75) is 58.1 Å². The van der Waals surface area contributed by atoms with Crippen molar-refractivity contribution >= 4 is 22.9 Å². The van der Waals surface area contributed by atoms with Gasteiger partial charge in [0.25, 0.3) is 0 Å². The first-order chi connectivity index (χ1) is 13.3. The lowest BCUT2D eigenvalue weighted by molar-refractivity contribution is -0.122. The maximum Gasteiger partial charge on any atom is 0.407 e. The predicted octanol–water partition coefficient (Wildman–Crippen LogP) is 2.85. The van der Waals surface area contributed by atoms with Crippen molar-refractivity contribution in [1.82, 2.24) is 15.6 Å². The summed E-state index contributed by atoms with van der Waals surface area (Å²) in [5.74, 6) is -0.142. The SMILES string of the molecule is CC(C)(C)OC(=O)NCCCCCNC(=O)[C@H](N)Cc1c[nH]c2ccccc12. The molecule has 154 valence electrons. The summed E-state index contributed by atoms with van der Waals surface area (Å²) in [6, 6.07) is 7.40. The van der Waals surface area contributed by atoms with E-state index in [-0.39, 0.29) is 5.91 Å². The minimum atomic E-state index is -0.576.